The average Bonchev–Trinajstić information content (AvgIpc) is 3.00. The summed E-state index contributed by atoms with van der Waals surface area (Å²) in [5.41, 5.74) is 0.864. The number of amides is 1. The minimum Gasteiger partial charge on any atom is -0.396 e. The molecular formula is C15H18FN3O2S. The number of halogens is 1. The second kappa shape index (κ2) is 8.55. The molecule has 118 valence electrons. The molecule has 1 heterocycles. The molecule has 7 heteroatoms. The Morgan fingerprint density at radius 1 is 1.36 bits per heavy atom. The Kier molecular flexibility index (Phi) is 6.42. The number of rotatable bonds is 8. The molecule has 0 radical (unpaired) electrons. The van der Waals surface area contributed by atoms with E-state index in [1.807, 2.05) is 0 Å². The fraction of sp³-hybridized carbons (Fsp3) is 0.333. The Balaban J connectivity index is 1.84. The number of nitrogens with zero attached hydrogens (tertiary/aromatic N) is 2. The van der Waals surface area contributed by atoms with Crippen LogP contribution in [0.15, 0.2) is 36.5 Å². The Labute approximate surface area is 132 Å². The quantitative estimate of drug-likeness (QED) is 0.728. The molecule has 2 aromatic rings. The summed E-state index contributed by atoms with van der Waals surface area (Å²) < 4.78 is 14.6. The Morgan fingerprint density at radius 3 is 3.00 bits per heavy atom. The fourth-order valence-corrected chi connectivity index (χ4v) is 2.59. The van der Waals surface area contributed by atoms with Gasteiger partial charge in [0.1, 0.15) is 5.82 Å². The maximum absolute atomic E-state index is 13.2. The number of hydrogen-bond donors (Lipinski definition) is 2. The van der Waals surface area contributed by atoms with E-state index in [-0.39, 0.29) is 18.3 Å². The maximum atomic E-state index is 13.2. The Morgan fingerprint density at radius 2 is 2.23 bits per heavy atom. The molecular weight excluding hydrogens is 305 g/mol. The van der Waals surface area contributed by atoms with Gasteiger partial charge in [0.2, 0.25) is 0 Å². The average molecular weight is 323 g/mol. The summed E-state index contributed by atoms with van der Waals surface area (Å²) in [5.74, 6) is 1.06. The summed E-state index contributed by atoms with van der Waals surface area (Å²) in [5, 5.41) is 15.6. The van der Waals surface area contributed by atoms with Crippen molar-refractivity contribution in [3.63, 3.8) is 0 Å². The van der Waals surface area contributed by atoms with Crippen LogP contribution >= 0.6 is 11.8 Å². The summed E-state index contributed by atoms with van der Waals surface area (Å²) >= 11 is 1.68. The number of thioether (sulfide) groups is 1. The molecule has 0 unspecified atom stereocenters. The van der Waals surface area contributed by atoms with Crippen LogP contribution in [-0.4, -0.2) is 45.5 Å². The van der Waals surface area contributed by atoms with Gasteiger partial charge in [-0.2, -0.15) is 16.9 Å². The molecule has 0 bridgehead atoms. The highest BCUT2D eigenvalue weighted by molar-refractivity contribution is 7.99. The first kappa shape index (κ1) is 16.5. The van der Waals surface area contributed by atoms with Crippen LogP contribution < -0.4 is 5.32 Å². The van der Waals surface area contributed by atoms with E-state index in [4.69, 9.17) is 5.11 Å². The van der Waals surface area contributed by atoms with Crippen LogP contribution in [0.2, 0.25) is 0 Å². The zero-order chi connectivity index (χ0) is 15.8. The number of benzene rings is 1. The van der Waals surface area contributed by atoms with E-state index in [1.54, 1.807) is 36.2 Å². The molecule has 0 aliphatic carbocycles. The summed E-state index contributed by atoms with van der Waals surface area (Å²) in [4.78, 5) is 11.9. The molecule has 0 atom stereocenters. The van der Waals surface area contributed by atoms with Gasteiger partial charge in [-0.3, -0.25) is 4.79 Å². The number of carbonyl (C=O) groups is 1. The van der Waals surface area contributed by atoms with E-state index >= 15 is 0 Å². The number of carbonyl (C=O) groups excluding carboxylic acids is 1. The second-order valence-electron chi connectivity index (χ2n) is 4.57. The van der Waals surface area contributed by atoms with E-state index < -0.39 is 0 Å². The standard InChI is InChI=1S/C15H18FN3O2S/c16-12-3-1-4-13(11-12)19-7-5-14(18-19)15(21)17-6-10-22-9-2-8-20/h1,3-5,7,11,20H,2,6,8-10H2,(H,17,21). The van der Waals surface area contributed by atoms with Crippen molar-refractivity contribution in [3.05, 3.63) is 48.0 Å². The van der Waals surface area contributed by atoms with Crippen LogP contribution in [0.25, 0.3) is 5.69 Å². The smallest absolute Gasteiger partial charge is 0.271 e. The minimum absolute atomic E-state index is 0.191. The van der Waals surface area contributed by atoms with Gasteiger partial charge in [0.25, 0.3) is 5.91 Å². The lowest BCUT2D eigenvalue weighted by molar-refractivity contribution is 0.0951. The van der Waals surface area contributed by atoms with Gasteiger partial charge in [-0.15, -0.1) is 0 Å². The van der Waals surface area contributed by atoms with Gasteiger partial charge in [0.05, 0.1) is 5.69 Å². The zero-order valence-corrected chi connectivity index (χ0v) is 12.9. The van der Waals surface area contributed by atoms with Crippen LogP contribution in [-0.2, 0) is 0 Å². The Bertz CT molecular complexity index is 618. The van der Waals surface area contributed by atoms with Crippen LogP contribution in [0, 0.1) is 5.82 Å². The van der Waals surface area contributed by atoms with E-state index in [1.165, 1.54) is 16.8 Å². The van der Waals surface area contributed by atoms with Crippen LogP contribution in [0.1, 0.15) is 16.9 Å². The van der Waals surface area contributed by atoms with Crippen molar-refractivity contribution >= 4 is 17.7 Å². The third-order valence-electron chi connectivity index (χ3n) is 2.87. The zero-order valence-electron chi connectivity index (χ0n) is 12.0. The molecule has 1 aromatic carbocycles. The van der Waals surface area contributed by atoms with Gasteiger partial charge >= 0.3 is 0 Å². The summed E-state index contributed by atoms with van der Waals surface area (Å²) in [6.07, 6.45) is 2.39. The molecule has 1 aromatic heterocycles. The van der Waals surface area contributed by atoms with Crippen LogP contribution in [0.3, 0.4) is 0 Å². The summed E-state index contributed by atoms with van der Waals surface area (Å²) in [7, 11) is 0. The third kappa shape index (κ3) is 4.85. The molecule has 0 saturated heterocycles. The predicted molar refractivity (Wildman–Crippen MR) is 84.9 cm³/mol. The number of hydrogen-bond acceptors (Lipinski definition) is 4. The summed E-state index contributed by atoms with van der Waals surface area (Å²) in [6, 6.07) is 7.62. The third-order valence-corrected chi connectivity index (χ3v) is 3.94. The fourth-order valence-electron chi connectivity index (χ4n) is 1.80. The first-order valence-electron chi connectivity index (χ1n) is 6.99. The first-order chi connectivity index (χ1) is 10.7. The van der Waals surface area contributed by atoms with Gasteiger partial charge in [0, 0.05) is 25.1 Å². The van der Waals surface area contributed by atoms with Crippen LogP contribution in [0.4, 0.5) is 4.39 Å². The lowest BCUT2D eigenvalue weighted by Crippen LogP contribution is -2.26. The molecule has 22 heavy (non-hydrogen) atoms. The number of aliphatic hydroxyl groups is 1. The molecule has 0 aliphatic heterocycles. The van der Waals surface area contributed by atoms with Gasteiger partial charge in [-0.1, -0.05) is 6.07 Å². The highest BCUT2D eigenvalue weighted by Crippen LogP contribution is 2.09. The number of nitrogens with one attached hydrogen (secondary N) is 1. The van der Waals surface area contributed by atoms with E-state index in [9.17, 15) is 9.18 Å². The van der Waals surface area contributed by atoms with Gasteiger partial charge < -0.3 is 10.4 Å². The highest BCUT2D eigenvalue weighted by atomic mass is 32.2. The molecule has 0 saturated carbocycles. The molecule has 1 amide bonds. The first-order valence-corrected chi connectivity index (χ1v) is 8.14. The van der Waals surface area contributed by atoms with Crippen molar-refractivity contribution in [1.29, 1.82) is 0 Å². The SMILES string of the molecule is O=C(NCCSCCCO)c1ccn(-c2cccc(F)c2)n1. The molecule has 0 fully saturated rings. The molecule has 0 spiro atoms. The topological polar surface area (TPSA) is 67.2 Å². The second-order valence-corrected chi connectivity index (χ2v) is 5.80. The van der Waals surface area contributed by atoms with Crippen molar-refractivity contribution in [2.75, 3.05) is 24.7 Å². The van der Waals surface area contributed by atoms with Gasteiger partial charge in [0.15, 0.2) is 5.69 Å². The monoisotopic (exact) mass is 323 g/mol. The molecule has 5 nitrogen and oxygen atoms in total. The molecule has 2 N–H and O–H groups in total. The normalized spacial score (nSPS) is 10.6. The maximum Gasteiger partial charge on any atom is 0.271 e. The van der Waals surface area contributed by atoms with Crippen molar-refractivity contribution in [2.24, 2.45) is 0 Å². The van der Waals surface area contributed by atoms with E-state index in [0.717, 1.165) is 17.9 Å². The largest absolute Gasteiger partial charge is 0.396 e. The van der Waals surface area contributed by atoms with Crippen molar-refractivity contribution in [1.82, 2.24) is 15.1 Å². The van der Waals surface area contributed by atoms with E-state index in [0.29, 0.717) is 17.9 Å². The predicted octanol–water partition coefficient (Wildman–Crippen LogP) is 1.86. The molecule has 2 rings (SSSR count). The number of aliphatic hydroxyl groups excluding tert-OH is 1. The molecule has 0 aliphatic rings. The number of aromatic nitrogens is 2. The van der Waals surface area contributed by atoms with Crippen LogP contribution in [0.5, 0.6) is 0 Å². The lowest BCUT2D eigenvalue weighted by atomic mass is 10.3. The highest BCUT2D eigenvalue weighted by Gasteiger charge is 2.09. The van der Waals surface area contributed by atoms with Crippen molar-refractivity contribution in [2.45, 2.75) is 6.42 Å². The van der Waals surface area contributed by atoms with Gasteiger partial charge in [-0.25, -0.2) is 9.07 Å². The Hall–Kier alpha value is -1.86. The van der Waals surface area contributed by atoms with Gasteiger partial charge in [-0.05, 0) is 36.4 Å². The van der Waals surface area contributed by atoms with E-state index in [2.05, 4.69) is 10.4 Å². The lowest BCUT2D eigenvalue weighted by Gasteiger charge is -2.03. The minimum atomic E-state index is -0.348. The summed E-state index contributed by atoms with van der Waals surface area (Å²) in [6.45, 7) is 0.735. The van der Waals surface area contributed by atoms with Crippen molar-refractivity contribution in [3.8, 4) is 5.69 Å². The van der Waals surface area contributed by atoms with Crippen molar-refractivity contribution < 1.29 is 14.3 Å².